The van der Waals surface area contributed by atoms with Gasteiger partial charge in [0.1, 0.15) is 17.4 Å². The molecule has 18 heavy (non-hydrogen) atoms. The molecule has 5 heteroatoms. The number of nitrogens with one attached hydrogen (secondary N) is 1. The molecule has 5 nitrogen and oxygen atoms in total. The van der Waals surface area contributed by atoms with Gasteiger partial charge in [0.05, 0.1) is 17.4 Å². The van der Waals surface area contributed by atoms with Gasteiger partial charge in [-0.3, -0.25) is 4.79 Å². The highest BCUT2D eigenvalue weighted by atomic mass is 16.5. The van der Waals surface area contributed by atoms with Crippen LogP contribution in [0, 0.1) is 25.2 Å². The average molecular weight is 241 g/mol. The Morgan fingerprint density at radius 2 is 2.22 bits per heavy atom. The summed E-state index contributed by atoms with van der Waals surface area (Å²) >= 11 is 0. The highest BCUT2D eigenvalue weighted by Crippen LogP contribution is 2.19. The maximum Gasteiger partial charge on any atom is 0.260 e. The maximum absolute atomic E-state index is 12.0. The Hall–Kier alpha value is -2.61. The van der Waals surface area contributed by atoms with Gasteiger partial charge in [0.15, 0.2) is 0 Å². The highest BCUT2D eigenvalue weighted by molar-refractivity contribution is 6.05. The lowest BCUT2D eigenvalue weighted by molar-refractivity contribution is 0.102. The molecule has 1 heterocycles. The lowest BCUT2D eigenvalue weighted by atomic mass is 10.1. The van der Waals surface area contributed by atoms with Crippen LogP contribution in [0.2, 0.25) is 0 Å². The van der Waals surface area contributed by atoms with Gasteiger partial charge in [0.2, 0.25) is 0 Å². The van der Waals surface area contributed by atoms with E-state index < -0.39 is 0 Å². The molecule has 2 rings (SSSR count). The van der Waals surface area contributed by atoms with E-state index in [4.69, 9.17) is 9.78 Å². The topological polar surface area (TPSA) is 78.9 Å². The van der Waals surface area contributed by atoms with Gasteiger partial charge in [-0.15, -0.1) is 0 Å². The monoisotopic (exact) mass is 241 g/mol. The zero-order chi connectivity index (χ0) is 13.1. The smallest absolute Gasteiger partial charge is 0.260 e. The van der Waals surface area contributed by atoms with E-state index >= 15 is 0 Å². The number of aryl methyl sites for hydroxylation is 2. The lowest BCUT2D eigenvalue weighted by Gasteiger charge is -2.07. The zero-order valence-electron chi connectivity index (χ0n) is 10.0. The molecule has 1 N–H and O–H groups in total. The molecular formula is C13H11N3O2. The number of amides is 1. The van der Waals surface area contributed by atoms with Crippen LogP contribution in [0.3, 0.4) is 0 Å². The molecule has 0 aliphatic heterocycles. The SMILES string of the molecule is Cc1cccc(NC(=O)c2cnoc2C)c1C#N. The van der Waals surface area contributed by atoms with Crippen molar-refractivity contribution in [3.63, 3.8) is 0 Å². The number of hydrogen-bond donors (Lipinski definition) is 1. The third-order valence-electron chi connectivity index (χ3n) is 2.63. The van der Waals surface area contributed by atoms with Crippen LogP contribution in [0.5, 0.6) is 0 Å². The second-order valence-electron chi connectivity index (χ2n) is 3.86. The van der Waals surface area contributed by atoms with Crippen LogP contribution < -0.4 is 5.32 Å². The van der Waals surface area contributed by atoms with Crippen molar-refractivity contribution in [2.45, 2.75) is 13.8 Å². The summed E-state index contributed by atoms with van der Waals surface area (Å²) in [6.07, 6.45) is 1.35. The fourth-order valence-corrected chi connectivity index (χ4v) is 1.63. The largest absolute Gasteiger partial charge is 0.361 e. The van der Waals surface area contributed by atoms with Gasteiger partial charge in [-0.25, -0.2) is 0 Å². The molecule has 1 aromatic heterocycles. The van der Waals surface area contributed by atoms with Crippen LogP contribution in [0.25, 0.3) is 0 Å². The Labute approximate surface area is 104 Å². The Morgan fingerprint density at radius 1 is 1.44 bits per heavy atom. The van der Waals surface area contributed by atoms with Crippen LogP contribution >= 0.6 is 0 Å². The second kappa shape index (κ2) is 4.72. The Morgan fingerprint density at radius 3 is 2.83 bits per heavy atom. The van der Waals surface area contributed by atoms with E-state index in [0.29, 0.717) is 22.6 Å². The van der Waals surface area contributed by atoms with Crippen molar-refractivity contribution in [3.05, 3.63) is 46.8 Å². The third kappa shape index (κ3) is 2.09. The first-order chi connectivity index (χ1) is 8.63. The first kappa shape index (κ1) is 11.9. The average Bonchev–Trinajstić information content (AvgIpc) is 2.76. The van der Waals surface area contributed by atoms with E-state index in [1.165, 1.54) is 6.20 Å². The summed E-state index contributed by atoms with van der Waals surface area (Å²) in [4.78, 5) is 12.0. The van der Waals surface area contributed by atoms with E-state index in [2.05, 4.69) is 16.5 Å². The first-order valence-corrected chi connectivity index (χ1v) is 5.36. The van der Waals surface area contributed by atoms with Crippen LogP contribution in [0.4, 0.5) is 5.69 Å². The number of carbonyl (C=O) groups excluding carboxylic acids is 1. The van der Waals surface area contributed by atoms with E-state index in [1.54, 1.807) is 19.1 Å². The number of nitriles is 1. The maximum atomic E-state index is 12.0. The summed E-state index contributed by atoms with van der Waals surface area (Å²) in [7, 11) is 0. The molecule has 0 fully saturated rings. The molecule has 0 unspecified atom stereocenters. The van der Waals surface area contributed by atoms with Gasteiger partial charge in [0, 0.05) is 0 Å². The van der Waals surface area contributed by atoms with Crippen molar-refractivity contribution < 1.29 is 9.32 Å². The van der Waals surface area contributed by atoms with Crippen molar-refractivity contribution >= 4 is 11.6 Å². The third-order valence-corrected chi connectivity index (χ3v) is 2.63. The minimum atomic E-state index is -0.337. The minimum absolute atomic E-state index is 0.337. The summed E-state index contributed by atoms with van der Waals surface area (Å²) < 4.78 is 4.83. The molecule has 0 atom stereocenters. The zero-order valence-corrected chi connectivity index (χ0v) is 10.0. The normalized spacial score (nSPS) is 9.83. The molecule has 2 aromatic rings. The lowest BCUT2D eigenvalue weighted by Crippen LogP contribution is -2.13. The molecule has 0 spiro atoms. The van der Waals surface area contributed by atoms with Crippen molar-refractivity contribution in [1.29, 1.82) is 5.26 Å². The Kier molecular flexibility index (Phi) is 3.11. The van der Waals surface area contributed by atoms with Crippen molar-refractivity contribution in [2.75, 3.05) is 5.32 Å². The fraction of sp³-hybridized carbons (Fsp3) is 0.154. The van der Waals surface area contributed by atoms with Crippen molar-refractivity contribution in [3.8, 4) is 6.07 Å². The van der Waals surface area contributed by atoms with E-state index in [0.717, 1.165) is 5.56 Å². The number of carbonyl (C=O) groups is 1. The van der Waals surface area contributed by atoms with Gasteiger partial charge >= 0.3 is 0 Å². The summed E-state index contributed by atoms with van der Waals surface area (Å²) in [5.74, 6) is 0.106. The molecular weight excluding hydrogens is 230 g/mol. The van der Waals surface area contributed by atoms with Gasteiger partial charge in [-0.1, -0.05) is 17.3 Å². The molecule has 0 aliphatic rings. The molecule has 0 bridgehead atoms. The number of aromatic nitrogens is 1. The van der Waals surface area contributed by atoms with Crippen LogP contribution in [-0.4, -0.2) is 11.1 Å². The number of rotatable bonds is 2. The minimum Gasteiger partial charge on any atom is -0.361 e. The second-order valence-corrected chi connectivity index (χ2v) is 3.86. The summed E-state index contributed by atoms with van der Waals surface area (Å²) in [6.45, 7) is 3.47. The number of benzene rings is 1. The summed E-state index contributed by atoms with van der Waals surface area (Å²) in [5.41, 5.74) is 2.13. The number of nitrogens with zero attached hydrogens (tertiary/aromatic N) is 2. The Balaban J connectivity index is 2.31. The van der Waals surface area contributed by atoms with Gasteiger partial charge in [0.25, 0.3) is 5.91 Å². The van der Waals surface area contributed by atoms with E-state index in [-0.39, 0.29) is 5.91 Å². The van der Waals surface area contributed by atoms with E-state index in [9.17, 15) is 4.79 Å². The molecule has 0 saturated carbocycles. The van der Waals surface area contributed by atoms with E-state index in [1.807, 2.05) is 13.0 Å². The van der Waals surface area contributed by atoms with Gasteiger partial charge < -0.3 is 9.84 Å². The standard InChI is InChI=1S/C13H11N3O2/c1-8-4-3-5-12(10(8)6-14)16-13(17)11-7-15-18-9(11)2/h3-5,7H,1-2H3,(H,16,17). The van der Waals surface area contributed by atoms with Crippen LogP contribution in [0.15, 0.2) is 28.9 Å². The quantitative estimate of drug-likeness (QED) is 0.875. The molecule has 0 radical (unpaired) electrons. The number of hydrogen-bond acceptors (Lipinski definition) is 4. The molecule has 0 saturated heterocycles. The molecule has 1 amide bonds. The first-order valence-electron chi connectivity index (χ1n) is 5.36. The van der Waals surface area contributed by atoms with Gasteiger partial charge in [-0.05, 0) is 25.5 Å². The predicted octanol–water partition coefficient (Wildman–Crippen LogP) is 2.42. The van der Waals surface area contributed by atoms with Gasteiger partial charge in [-0.2, -0.15) is 5.26 Å². The van der Waals surface area contributed by atoms with Crippen molar-refractivity contribution in [1.82, 2.24) is 5.16 Å². The van der Waals surface area contributed by atoms with Crippen LogP contribution in [0.1, 0.15) is 27.2 Å². The predicted molar refractivity (Wildman–Crippen MR) is 65.1 cm³/mol. The summed E-state index contributed by atoms with van der Waals surface area (Å²) in [6, 6.07) is 7.36. The van der Waals surface area contributed by atoms with Crippen molar-refractivity contribution in [2.24, 2.45) is 0 Å². The fourth-order valence-electron chi connectivity index (χ4n) is 1.63. The molecule has 0 aliphatic carbocycles. The highest BCUT2D eigenvalue weighted by Gasteiger charge is 2.15. The summed E-state index contributed by atoms with van der Waals surface area (Å²) in [5, 5.41) is 15.3. The molecule has 1 aromatic carbocycles. The Bertz CT molecular complexity index is 638. The number of anilines is 1. The van der Waals surface area contributed by atoms with Crippen LogP contribution in [-0.2, 0) is 0 Å². The molecule has 90 valence electrons.